The van der Waals surface area contributed by atoms with Crippen LogP contribution in [0.15, 0.2) is 48.0 Å². The van der Waals surface area contributed by atoms with Crippen LogP contribution in [0.5, 0.6) is 0 Å². The third-order valence-corrected chi connectivity index (χ3v) is 6.57. The minimum absolute atomic E-state index is 0.0952. The molecule has 3 aromatic rings. The standard InChI is InChI=1S/C23H24ClN3OS/c1-16-26-20(15-29-16)13-23(28)27-11-5-4-8-22(27)18-9-10-19(25-14-18)12-17-6-2-3-7-21(17)24/h2-3,6-7,9-10,14-15,22H,4-5,8,11-13H2,1H3/t22-/m1/s1. The average molecular weight is 426 g/mol. The van der Waals surface area contributed by atoms with Gasteiger partial charge in [-0.3, -0.25) is 9.78 Å². The Bertz CT molecular complexity index is 986. The minimum Gasteiger partial charge on any atom is -0.335 e. The maximum Gasteiger partial charge on any atom is 0.229 e. The summed E-state index contributed by atoms with van der Waals surface area (Å²) in [6, 6.07) is 12.1. The lowest BCUT2D eigenvalue weighted by molar-refractivity contribution is -0.134. The van der Waals surface area contributed by atoms with Gasteiger partial charge in [0.05, 0.1) is 23.2 Å². The molecule has 0 bridgehead atoms. The first-order chi connectivity index (χ1) is 14.1. The Morgan fingerprint density at radius 2 is 2.07 bits per heavy atom. The van der Waals surface area contributed by atoms with Crippen LogP contribution in [0, 0.1) is 6.92 Å². The topological polar surface area (TPSA) is 46.1 Å². The molecule has 4 nitrogen and oxygen atoms in total. The monoisotopic (exact) mass is 425 g/mol. The number of aryl methyl sites for hydroxylation is 1. The van der Waals surface area contributed by atoms with Gasteiger partial charge in [-0.25, -0.2) is 4.98 Å². The first-order valence-corrected chi connectivity index (χ1v) is 11.2. The number of pyridine rings is 1. The van der Waals surface area contributed by atoms with E-state index in [1.165, 1.54) is 0 Å². The lowest BCUT2D eigenvalue weighted by Gasteiger charge is -2.36. The second-order valence-corrected chi connectivity index (χ2v) is 8.95. The van der Waals surface area contributed by atoms with Crippen molar-refractivity contribution in [2.75, 3.05) is 6.54 Å². The Morgan fingerprint density at radius 3 is 2.79 bits per heavy atom. The number of hydrogen-bond donors (Lipinski definition) is 0. The predicted octanol–water partition coefficient (Wildman–Crippen LogP) is 5.39. The molecule has 2 aromatic heterocycles. The van der Waals surface area contributed by atoms with Gasteiger partial charge in [0.1, 0.15) is 0 Å². The summed E-state index contributed by atoms with van der Waals surface area (Å²) >= 11 is 7.86. The van der Waals surface area contributed by atoms with Crippen molar-refractivity contribution in [1.29, 1.82) is 0 Å². The zero-order chi connectivity index (χ0) is 20.2. The van der Waals surface area contributed by atoms with Crippen molar-refractivity contribution < 1.29 is 4.79 Å². The fourth-order valence-corrected chi connectivity index (χ4v) is 4.71. The van der Waals surface area contributed by atoms with Crippen molar-refractivity contribution in [1.82, 2.24) is 14.9 Å². The quantitative estimate of drug-likeness (QED) is 0.550. The number of piperidine rings is 1. The van der Waals surface area contributed by atoms with E-state index in [0.717, 1.165) is 58.4 Å². The lowest BCUT2D eigenvalue weighted by atomic mass is 9.95. The van der Waals surface area contributed by atoms with Crippen molar-refractivity contribution in [3.63, 3.8) is 0 Å². The molecule has 1 atom stereocenters. The largest absolute Gasteiger partial charge is 0.335 e. The summed E-state index contributed by atoms with van der Waals surface area (Å²) in [7, 11) is 0. The fraction of sp³-hybridized carbons (Fsp3) is 0.348. The Kier molecular flexibility index (Phi) is 6.26. The number of halogens is 1. The summed E-state index contributed by atoms with van der Waals surface area (Å²) in [6.45, 7) is 2.77. The highest BCUT2D eigenvalue weighted by Crippen LogP contribution is 2.31. The smallest absolute Gasteiger partial charge is 0.229 e. The van der Waals surface area contributed by atoms with Crippen molar-refractivity contribution in [2.45, 2.75) is 45.1 Å². The van der Waals surface area contributed by atoms with Crippen molar-refractivity contribution >= 4 is 28.8 Å². The maximum absolute atomic E-state index is 13.0. The minimum atomic E-state index is 0.0952. The normalized spacial score (nSPS) is 16.8. The number of hydrogen-bond acceptors (Lipinski definition) is 4. The fourth-order valence-electron chi connectivity index (χ4n) is 3.90. The molecule has 0 spiro atoms. The van der Waals surface area contributed by atoms with Gasteiger partial charge in [-0.05, 0) is 49.4 Å². The van der Waals surface area contributed by atoms with Gasteiger partial charge >= 0.3 is 0 Å². The van der Waals surface area contributed by atoms with Crippen LogP contribution in [0.1, 0.15) is 52.8 Å². The molecule has 0 aliphatic carbocycles. The second-order valence-electron chi connectivity index (χ2n) is 7.48. The predicted molar refractivity (Wildman–Crippen MR) is 117 cm³/mol. The molecule has 0 radical (unpaired) electrons. The second kappa shape index (κ2) is 9.06. The first-order valence-electron chi connectivity index (χ1n) is 9.99. The average Bonchev–Trinajstić information content (AvgIpc) is 3.15. The van der Waals surface area contributed by atoms with Gasteiger partial charge in [0.2, 0.25) is 5.91 Å². The highest BCUT2D eigenvalue weighted by Gasteiger charge is 2.28. The highest BCUT2D eigenvalue weighted by atomic mass is 35.5. The number of carbonyl (C=O) groups is 1. The van der Waals surface area contributed by atoms with Crippen molar-refractivity contribution in [3.05, 3.63) is 80.5 Å². The zero-order valence-electron chi connectivity index (χ0n) is 16.5. The van der Waals surface area contributed by atoms with E-state index in [2.05, 4.69) is 22.1 Å². The van der Waals surface area contributed by atoms with Crippen LogP contribution in [0.2, 0.25) is 5.02 Å². The third kappa shape index (κ3) is 4.85. The Labute approximate surface area is 180 Å². The Balaban J connectivity index is 1.48. The Morgan fingerprint density at radius 1 is 1.21 bits per heavy atom. The molecule has 1 fully saturated rings. The van der Waals surface area contributed by atoms with E-state index in [4.69, 9.17) is 11.6 Å². The summed E-state index contributed by atoms with van der Waals surface area (Å²) in [4.78, 5) is 24.1. The number of amides is 1. The van der Waals surface area contributed by atoms with Crippen LogP contribution < -0.4 is 0 Å². The van der Waals surface area contributed by atoms with E-state index in [9.17, 15) is 4.79 Å². The summed E-state index contributed by atoms with van der Waals surface area (Å²) in [5.41, 5.74) is 4.03. The number of thiazole rings is 1. The molecule has 0 unspecified atom stereocenters. The molecular formula is C23H24ClN3OS. The molecule has 6 heteroatoms. The summed E-state index contributed by atoms with van der Waals surface area (Å²) in [5, 5.41) is 3.75. The molecule has 29 heavy (non-hydrogen) atoms. The molecule has 1 amide bonds. The summed E-state index contributed by atoms with van der Waals surface area (Å²) in [5.74, 6) is 0.153. The molecule has 0 saturated carbocycles. The number of rotatable bonds is 5. The maximum atomic E-state index is 13.0. The van der Waals surface area contributed by atoms with E-state index in [-0.39, 0.29) is 11.9 Å². The molecule has 150 valence electrons. The molecule has 1 aliphatic rings. The number of nitrogens with zero attached hydrogens (tertiary/aromatic N) is 3. The number of benzene rings is 1. The molecule has 3 heterocycles. The van der Waals surface area contributed by atoms with Crippen molar-refractivity contribution in [2.24, 2.45) is 0 Å². The molecular weight excluding hydrogens is 402 g/mol. The summed E-state index contributed by atoms with van der Waals surface area (Å²) < 4.78 is 0. The van der Waals surface area contributed by atoms with Gasteiger partial charge in [-0.15, -0.1) is 11.3 Å². The molecule has 1 saturated heterocycles. The third-order valence-electron chi connectivity index (χ3n) is 5.38. The van der Waals surface area contributed by atoms with Gasteiger partial charge in [0.25, 0.3) is 0 Å². The number of likely N-dealkylation sites (tertiary alicyclic amines) is 1. The molecule has 1 aliphatic heterocycles. The van der Waals surface area contributed by atoms with Gasteiger partial charge in [0, 0.05) is 35.3 Å². The van der Waals surface area contributed by atoms with Gasteiger partial charge < -0.3 is 4.90 Å². The van der Waals surface area contributed by atoms with Crippen LogP contribution >= 0.6 is 22.9 Å². The van der Waals surface area contributed by atoms with Crippen LogP contribution in [0.3, 0.4) is 0 Å². The highest BCUT2D eigenvalue weighted by molar-refractivity contribution is 7.09. The number of aromatic nitrogens is 2. The number of carbonyl (C=O) groups excluding carboxylic acids is 1. The van der Waals surface area contributed by atoms with E-state index in [1.54, 1.807) is 11.3 Å². The first kappa shape index (κ1) is 20.0. The van der Waals surface area contributed by atoms with Crippen LogP contribution in [-0.4, -0.2) is 27.3 Å². The van der Waals surface area contributed by atoms with Crippen LogP contribution in [0.4, 0.5) is 0 Å². The van der Waals surface area contributed by atoms with Gasteiger partial charge in [-0.2, -0.15) is 0 Å². The molecule has 0 N–H and O–H groups in total. The molecule has 1 aromatic carbocycles. The van der Waals surface area contributed by atoms with Gasteiger partial charge in [-0.1, -0.05) is 35.9 Å². The molecule has 4 rings (SSSR count). The van der Waals surface area contributed by atoms with E-state index in [1.807, 2.05) is 47.7 Å². The lowest BCUT2D eigenvalue weighted by Crippen LogP contribution is -2.39. The zero-order valence-corrected chi connectivity index (χ0v) is 18.0. The van der Waals surface area contributed by atoms with E-state index in [0.29, 0.717) is 12.8 Å². The van der Waals surface area contributed by atoms with E-state index < -0.39 is 0 Å². The van der Waals surface area contributed by atoms with Crippen LogP contribution in [0.25, 0.3) is 0 Å². The van der Waals surface area contributed by atoms with Crippen LogP contribution in [-0.2, 0) is 17.6 Å². The summed E-state index contributed by atoms with van der Waals surface area (Å²) in [6.07, 6.45) is 6.17. The van der Waals surface area contributed by atoms with Crippen molar-refractivity contribution in [3.8, 4) is 0 Å². The Hall–Kier alpha value is -2.24. The van der Waals surface area contributed by atoms with Gasteiger partial charge in [0.15, 0.2) is 0 Å². The SMILES string of the molecule is Cc1nc(CC(=O)N2CCCC[C@@H]2c2ccc(Cc3ccccc3Cl)nc2)cs1. The van der Waals surface area contributed by atoms with E-state index >= 15 is 0 Å².